The molecule has 0 saturated carbocycles. The number of nitrogens with zero attached hydrogens (tertiary/aromatic N) is 1. The molecule has 0 radical (unpaired) electrons. The highest BCUT2D eigenvalue weighted by atomic mass is 16.6. The number of carbonyl (C=O) groups is 2. The van der Waals surface area contributed by atoms with E-state index in [0.29, 0.717) is 28.2 Å². The van der Waals surface area contributed by atoms with Crippen molar-refractivity contribution >= 4 is 23.5 Å². The zero-order valence-electron chi connectivity index (χ0n) is 15.5. The van der Waals surface area contributed by atoms with Gasteiger partial charge >= 0.3 is 5.97 Å². The zero-order chi connectivity index (χ0) is 21.0. The first kappa shape index (κ1) is 19.8. The number of hydrogen-bond acceptors (Lipinski definition) is 7. The van der Waals surface area contributed by atoms with Crippen LogP contribution >= 0.6 is 0 Å². The second-order valence-corrected chi connectivity index (χ2v) is 6.16. The predicted octanol–water partition coefficient (Wildman–Crippen LogP) is 3.63. The van der Waals surface area contributed by atoms with Gasteiger partial charge in [0.05, 0.1) is 10.5 Å². The minimum absolute atomic E-state index is 0.0432. The van der Waals surface area contributed by atoms with Gasteiger partial charge in [-0.25, -0.2) is 4.79 Å². The molecule has 0 saturated heterocycles. The van der Waals surface area contributed by atoms with Gasteiger partial charge in [0.2, 0.25) is 5.78 Å². The number of Topliss-reactive ketones (excluding diaryl/α,β-unsaturated/α-hetero) is 1. The van der Waals surface area contributed by atoms with Gasteiger partial charge in [-0.1, -0.05) is 12.7 Å². The molecule has 1 aliphatic heterocycles. The molecule has 0 atom stereocenters. The lowest BCUT2D eigenvalue weighted by atomic mass is 10.0. The normalized spacial score (nSPS) is 13.6. The Morgan fingerprint density at radius 1 is 1.28 bits per heavy atom. The quantitative estimate of drug-likeness (QED) is 0.232. The van der Waals surface area contributed by atoms with Crippen LogP contribution in [0.25, 0.3) is 6.08 Å². The van der Waals surface area contributed by atoms with E-state index in [4.69, 9.17) is 14.2 Å². The molecule has 3 rings (SSSR count). The molecule has 0 aliphatic carbocycles. The van der Waals surface area contributed by atoms with Gasteiger partial charge in [-0.15, -0.1) is 0 Å². The molecule has 148 valence electrons. The van der Waals surface area contributed by atoms with E-state index in [2.05, 4.69) is 6.58 Å². The second kappa shape index (κ2) is 8.39. The van der Waals surface area contributed by atoms with Crippen molar-refractivity contribution in [1.29, 1.82) is 0 Å². The van der Waals surface area contributed by atoms with E-state index in [0.717, 1.165) is 0 Å². The molecule has 0 spiro atoms. The lowest BCUT2D eigenvalue weighted by Gasteiger charge is -2.08. The van der Waals surface area contributed by atoms with Crippen LogP contribution in [0.1, 0.15) is 21.5 Å². The maximum Gasteiger partial charge on any atom is 0.344 e. The molecule has 1 heterocycles. The summed E-state index contributed by atoms with van der Waals surface area (Å²) in [6.45, 7) is 5.00. The number of rotatable bonds is 7. The number of esters is 1. The van der Waals surface area contributed by atoms with Crippen LogP contribution in [0, 0.1) is 17.0 Å². The van der Waals surface area contributed by atoms with Gasteiger partial charge in [0.25, 0.3) is 5.69 Å². The van der Waals surface area contributed by atoms with E-state index < -0.39 is 10.9 Å². The molecular formula is C21H17NO7. The summed E-state index contributed by atoms with van der Waals surface area (Å²) in [7, 11) is 0. The molecule has 0 fully saturated rings. The summed E-state index contributed by atoms with van der Waals surface area (Å²) in [6, 6.07) is 8.92. The van der Waals surface area contributed by atoms with Crippen LogP contribution in [0.4, 0.5) is 5.69 Å². The maximum absolute atomic E-state index is 12.7. The van der Waals surface area contributed by atoms with Crippen molar-refractivity contribution in [2.45, 2.75) is 6.92 Å². The first-order valence-corrected chi connectivity index (χ1v) is 8.61. The zero-order valence-corrected chi connectivity index (χ0v) is 15.5. The molecule has 0 aromatic heterocycles. The summed E-state index contributed by atoms with van der Waals surface area (Å²) in [5.41, 5.74) is 1.58. The molecule has 8 heteroatoms. The highest BCUT2D eigenvalue weighted by Gasteiger charge is 2.30. The molecule has 8 nitrogen and oxygen atoms in total. The van der Waals surface area contributed by atoms with Gasteiger partial charge in [-0.2, -0.15) is 0 Å². The minimum atomic E-state index is -0.543. The Balaban J connectivity index is 1.77. The first-order chi connectivity index (χ1) is 13.9. The molecular weight excluding hydrogens is 378 g/mol. The van der Waals surface area contributed by atoms with Crippen molar-refractivity contribution in [3.63, 3.8) is 0 Å². The Bertz CT molecular complexity index is 1020. The Morgan fingerprint density at radius 3 is 2.66 bits per heavy atom. The van der Waals surface area contributed by atoms with E-state index in [9.17, 15) is 19.7 Å². The van der Waals surface area contributed by atoms with Crippen LogP contribution in [0.15, 0.2) is 54.8 Å². The molecule has 2 aromatic rings. The van der Waals surface area contributed by atoms with Gasteiger partial charge in [-0.05, 0) is 42.3 Å². The monoisotopic (exact) mass is 395 g/mol. The number of carbonyl (C=O) groups excluding carboxylic acids is 2. The number of hydrogen-bond donors (Lipinski definition) is 0. The number of allylic oxidation sites excluding steroid dienone is 1. The molecule has 0 amide bonds. The molecule has 1 aliphatic rings. The van der Waals surface area contributed by atoms with Crippen LogP contribution in [-0.2, 0) is 9.53 Å². The van der Waals surface area contributed by atoms with E-state index in [1.54, 1.807) is 13.0 Å². The topological polar surface area (TPSA) is 105 Å². The van der Waals surface area contributed by atoms with Crippen molar-refractivity contribution in [1.82, 2.24) is 0 Å². The fourth-order valence-electron chi connectivity index (χ4n) is 2.74. The van der Waals surface area contributed by atoms with E-state index in [-0.39, 0.29) is 30.4 Å². The lowest BCUT2D eigenvalue weighted by Crippen LogP contribution is -2.14. The third-order valence-corrected chi connectivity index (χ3v) is 4.06. The number of nitro groups is 1. The van der Waals surface area contributed by atoms with Crippen LogP contribution in [0.2, 0.25) is 0 Å². The largest absolute Gasteiger partial charge is 0.482 e. The first-order valence-electron chi connectivity index (χ1n) is 8.61. The second-order valence-electron chi connectivity index (χ2n) is 6.16. The Kier molecular flexibility index (Phi) is 5.73. The smallest absolute Gasteiger partial charge is 0.344 e. The van der Waals surface area contributed by atoms with Crippen molar-refractivity contribution in [2.24, 2.45) is 0 Å². The van der Waals surface area contributed by atoms with Crippen molar-refractivity contribution in [2.75, 3.05) is 13.2 Å². The SMILES string of the molecule is C=CCOC(=O)COc1cc(C)c2c(c1)O/C(=C\c1ccc([N+](=O)[O-])cc1)C2=O. The standard InChI is InChI=1S/C21H17NO7/c1-3-8-27-19(23)12-28-16-9-13(2)20-17(11-16)29-18(21(20)24)10-14-4-6-15(7-5-14)22(25)26/h3-7,9-11H,1,8,12H2,2H3/b18-10-. The predicted molar refractivity (Wildman–Crippen MR) is 104 cm³/mol. The number of ether oxygens (including phenoxy) is 3. The molecule has 0 unspecified atom stereocenters. The van der Waals surface area contributed by atoms with Gasteiger partial charge in [-0.3, -0.25) is 14.9 Å². The molecule has 2 aromatic carbocycles. The summed E-state index contributed by atoms with van der Waals surface area (Å²) < 4.78 is 15.9. The van der Waals surface area contributed by atoms with E-state index >= 15 is 0 Å². The Morgan fingerprint density at radius 2 is 2.00 bits per heavy atom. The highest BCUT2D eigenvalue weighted by molar-refractivity contribution is 6.15. The summed E-state index contributed by atoms with van der Waals surface area (Å²) in [6.07, 6.45) is 2.97. The van der Waals surface area contributed by atoms with Gasteiger partial charge in [0.1, 0.15) is 18.1 Å². The van der Waals surface area contributed by atoms with Crippen LogP contribution in [0.5, 0.6) is 11.5 Å². The Labute approximate surface area is 166 Å². The number of non-ortho nitro benzene ring substituents is 1. The summed E-state index contributed by atoms with van der Waals surface area (Å²) in [5, 5.41) is 10.7. The van der Waals surface area contributed by atoms with Gasteiger partial charge in [0, 0.05) is 18.2 Å². The average molecular weight is 395 g/mol. The van der Waals surface area contributed by atoms with Crippen molar-refractivity contribution in [3.8, 4) is 11.5 Å². The average Bonchev–Trinajstić information content (AvgIpc) is 3.00. The summed E-state index contributed by atoms with van der Waals surface area (Å²) >= 11 is 0. The summed E-state index contributed by atoms with van der Waals surface area (Å²) in [4.78, 5) is 34.4. The number of nitro benzene ring substituents is 1. The van der Waals surface area contributed by atoms with Crippen molar-refractivity contribution < 1.29 is 28.7 Å². The van der Waals surface area contributed by atoms with Crippen LogP contribution in [-0.4, -0.2) is 29.9 Å². The third kappa shape index (κ3) is 4.49. The third-order valence-electron chi connectivity index (χ3n) is 4.06. The van der Waals surface area contributed by atoms with Crippen LogP contribution < -0.4 is 9.47 Å². The van der Waals surface area contributed by atoms with Crippen LogP contribution in [0.3, 0.4) is 0 Å². The number of aryl methyl sites for hydroxylation is 1. The minimum Gasteiger partial charge on any atom is -0.482 e. The molecule has 29 heavy (non-hydrogen) atoms. The fourth-order valence-corrected chi connectivity index (χ4v) is 2.74. The number of fused-ring (bicyclic) bond motifs is 1. The van der Waals surface area contributed by atoms with E-state index in [1.165, 1.54) is 42.5 Å². The van der Waals surface area contributed by atoms with E-state index in [1.807, 2.05) is 0 Å². The molecule has 0 N–H and O–H groups in total. The fraction of sp³-hybridized carbons (Fsp3) is 0.143. The Hall–Kier alpha value is -3.94. The number of benzene rings is 2. The van der Waals surface area contributed by atoms with Crippen molar-refractivity contribution in [3.05, 3.63) is 81.6 Å². The maximum atomic E-state index is 12.7. The summed E-state index contributed by atoms with van der Waals surface area (Å²) in [5.74, 6) is -0.0649. The molecule has 0 bridgehead atoms. The van der Waals surface area contributed by atoms with Gasteiger partial charge in [0.15, 0.2) is 12.4 Å². The lowest BCUT2D eigenvalue weighted by molar-refractivity contribution is -0.384. The highest BCUT2D eigenvalue weighted by Crippen LogP contribution is 2.37. The number of ketones is 1. The van der Waals surface area contributed by atoms with Gasteiger partial charge < -0.3 is 14.2 Å².